The predicted molar refractivity (Wildman–Crippen MR) is 132 cm³/mol. The van der Waals surface area contributed by atoms with Crippen LogP contribution in [0.15, 0.2) is 71.6 Å². The summed E-state index contributed by atoms with van der Waals surface area (Å²) < 4.78 is 10.6. The Morgan fingerprint density at radius 3 is 2.21 bits per heavy atom. The fraction of sp³-hybridized carbons (Fsp3) is 0.160. The van der Waals surface area contributed by atoms with Crippen molar-refractivity contribution in [3.05, 3.63) is 88.4 Å². The summed E-state index contributed by atoms with van der Waals surface area (Å²) in [6.07, 6.45) is 0. The van der Waals surface area contributed by atoms with Crippen molar-refractivity contribution in [1.29, 1.82) is 0 Å². The molecule has 0 saturated heterocycles. The molecule has 2 N–H and O–H groups in total. The molecule has 3 rings (SSSR count). The van der Waals surface area contributed by atoms with E-state index in [0.29, 0.717) is 27.6 Å². The SMILES string of the molecule is COc1cc(C(C)=O)ccc1OCC(=O)NNC(=O)c1ccc(CSc2ccc(Cl)cc2)cc1. The van der Waals surface area contributed by atoms with Gasteiger partial charge in [0.1, 0.15) is 0 Å². The third kappa shape index (κ3) is 7.26. The Bertz CT molecular complexity index is 1170. The van der Waals surface area contributed by atoms with Gasteiger partial charge in [-0.1, -0.05) is 23.7 Å². The smallest absolute Gasteiger partial charge is 0.276 e. The summed E-state index contributed by atoms with van der Waals surface area (Å²) in [5.74, 6) is 0.267. The first kappa shape index (κ1) is 25.1. The van der Waals surface area contributed by atoms with Crippen LogP contribution in [0.5, 0.6) is 11.5 Å². The molecule has 9 heteroatoms. The highest BCUT2D eigenvalue weighted by molar-refractivity contribution is 7.98. The van der Waals surface area contributed by atoms with Crippen molar-refractivity contribution in [2.75, 3.05) is 13.7 Å². The zero-order valence-corrected chi connectivity index (χ0v) is 20.2. The lowest BCUT2D eigenvalue weighted by molar-refractivity contribution is -0.123. The molecule has 0 aliphatic rings. The molecule has 0 atom stereocenters. The zero-order valence-electron chi connectivity index (χ0n) is 18.6. The molecule has 2 amide bonds. The lowest BCUT2D eigenvalue weighted by Gasteiger charge is -2.12. The molecule has 0 spiro atoms. The molecule has 0 aliphatic carbocycles. The normalized spacial score (nSPS) is 10.3. The van der Waals surface area contributed by atoms with Crippen LogP contribution in [-0.4, -0.2) is 31.3 Å². The van der Waals surface area contributed by atoms with Crippen LogP contribution in [0, 0.1) is 0 Å². The van der Waals surface area contributed by atoms with Gasteiger partial charge in [0.05, 0.1) is 7.11 Å². The first-order chi connectivity index (χ1) is 16.4. The molecule has 0 fully saturated rings. The second-order valence-corrected chi connectivity index (χ2v) is 8.64. The highest BCUT2D eigenvalue weighted by atomic mass is 35.5. The van der Waals surface area contributed by atoms with Crippen molar-refractivity contribution in [2.24, 2.45) is 0 Å². The summed E-state index contributed by atoms with van der Waals surface area (Å²) in [7, 11) is 1.44. The van der Waals surface area contributed by atoms with E-state index in [9.17, 15) is 14.4 Å². The quantitative estimate of drug-likeness (QED) is 0.253. The first-order valence-corrected chi connectivity index (χ1v) is 11.6. The summed E-state index contributed by atoms with van der Waals surface area (Å²) in [5.41, 5.74) is 6.60. The van der Waals surface area contributed by atoms with Crippen molar-refractivity contribution < 1.29 is 23.9 Å². The van der Waals surface area contributed by atoms with Crippen molar-refractivity contribution in [3.63, 3.8) is 0 Å². The van der Waals surface area contributed by atoms with E-state index in [1.54, 1.807) is 36.0 Å². The minimum atomic E-state index is -0.554. The van der Waals surface area contributed by atoms with E-state index >= 15 is 0 Å². The molecule has 34 heavy (non-hydrogen) atoms. The van der Waals surface area contributed by atoms with Crippen molar-refractivity contribution >= 4 is 41.0 Å². The fourth-order valence-electron chi connectivity index (χ4n) is 2.83. The highest BCUT2D eigenvalue weighted by Crippen LogP contribution is 2.28. The van der Waals surface area contributed by atoms with Crippen LogP contribution < -0.4 is 20.3 Å². The number of hydrogen-bond donors (Lipinski definition) is 2. The molecule has 3 aromatic carbocycles. The molecule has 0 unspecified atom stereocenters. The van der Waals surface area contributed by atoms with Crippen LogP contribution in [0.1, 0.15) is 33.2 Å². The van der Waals surface area contributed by atoms with Crippen LogP contribution in [-0.2, 0) is 10.5 Å². The largest absolute Gasteiger partial charge is 0.493 e. The Kier molecular flexibility index (Phi) is 8.95. The molecule has 0 bridgehead atoms. The van der Waals surface area contributed by atoms with E-state index in [-0.39, 0.29) is 12.4 Å². The number of rotatable bonds is 9. The van der Waals surface area contributed by atoms with E-state index < -0.39 is 11.8 Å². The van der Waals surface area contributed by atoms with E-state index in [1.165, 1.54) is 20.1 Å². The van der Waals surface area contributed by atoms with Crippen LogP contribution >= 0.6 is 23.4 Å². The van der Waals surface area contributed by atoms with Gasteiger partial charge in [0.2, 0.25) is 0 Å². The first-order valence-electron chi connectivity index (χ1n) is 10.2. The van der Waals surface area contributed by atoms with E-state index in [4.69, 9.17) is 21.1 Å². The average Bonchev–Trinajstić information content (AvgIpc) is 2.85. The second kappa shape index (κ2) is 12.1. The van der Waals surface area contributed by atoms with Gasteiger partial charge in [-0.25, -0.2) is 0 Å². The van der Waals surface area contributed by atoms with Gasteiger partial charge in [0, 0.05) is 26.8 Å². The molecule has 7 nitrogen and oxygen atoms in total. The number of carbonyl (C=O) groups is 3. The summed E-state index contributed by atoms with van der Waals surface area (Å²) in [4.78, 5) is 36.9. The molecule has 0 aromatic heterocycles. The fourth-order valence-corrected chi connectivity index (χ4v) is 3.81. The second-order valence-electron chi connectivity index (χ2n) is 7.15. The van der Waals surface area contributed by atoms with Gasteiger partial charge in [0.25, 0.3) is 11.8 Å². The number of hydrazine groups is 1. The van der Waals surface area contributed by atoms with Gasteiger partial charge in [-0.2, -0.15) is 0 Å². The highest BCUT2D eigenvalue weighted by Gasteiger charge is 2.12. The predicted octanol–water partition coefficient (Wildman–Crippen LogP) is 4.68. The Hall–Kier alpha value is -3.49. The number of thioether (sulfide) groups is 1. The number of ether oxygens (including phenoxy) is 2. The van der Waals surface area contributed by atoms with Crippen LogP contribution in [0.3, 0.4) is 0 Å². The third-order valence-corrected chi connectivity index (χ3v) is 6.01. The summed E-state index contributed by atoms with van der Waals surface area (Å²) >= 11 is 7.56. The molecule has 0 aliphatic heterocycles. The van der Waals surface area contributed by atoms with Gasteiger partial charge in [0.15, 0.2) is 23.9 Å². The molecule has 0 heterocycles. The van der Waals surface area contributed by atoms with Gasteiger partial charge in [-0.15, -0.1) is 11.8 Å². The van der Waals surface area contributed by atoms with E-state index in [2.05, 4.69) is 10.9 Å². The van der Waals surface area contributed by atoms with Crippen LogP contribution in [0.2, 0.25) is 5.02 Å². The number of benzene rings is 3. The number of Topliss-reactive ketones (excluding diaryl/α,β-unsaturated/α-hetero) is 1. The molecule has 0 radical (unpaired) electrons. The van der Waals surface area contributed by atoms with E-state index in [1.807, 2.05) is 36.4 Å². The Morgan fingerprint density at radius 2 is 1.56 bits per heavy atom. The lowest BCUT2D eigenvalue weighted by atomic mass is 10.1. The van der Waals surface area contributed by atoms with Gasteiger partial charge < -0.3 is 9.47 Å². The molecule has 176 valence electrons. The maximum atomic E-state index is 12.3. The molecular formula is C25H23ClN2O5S. The number of hydrogen-bond acceptors (Lipinski definition) is 6. The Morgan fingerprint density at radius 1 is 0.882 bits per heavy atom. The van der Waals surface area contributed by atoms with Gasteiger partial charge in [-0.05, 0) is 67.1 Å². The average molecular weight is 499 g/mol. The van der Waals surface area contributed by atoms with Crippen molar-refractivity contribution in [1.82, 2.24) is 10.9 Å². The molecule has 3 aromatic rings. The third-order valence-electron chi connectivity index (χ3n) is 4.68. The number of amides is 2. The molecule has 0 saturated carbocycles. The Labute approximate surface area is 206 Å². The van der Waals surface area contributed by atoms with Crippen LogP contribution in [0.25, 0.3) is 0 Å². The maximum absolute atomic E-state index is 12.3. The zero-order chi connectivity index (χ0) is 24.5. The minimum absolute atomic E-state index is 0.112. The summed E-state index contributed by atoms with van der Waals surface area (Å²) in [5, 5.41) is 0.696. The van der Waals surface area contributed by atoms with Crippen LogP contribution in [0.4, 0.5) is 0 Å². The maximum Gasteiger partial charge on any atom is 0.276 e. The van der Waals surface area contributed by atoms with Crippen molar-refractivity contribution in [2.45, 2.75) is 17.6 Å². The summed E-state index contributed by atoms with van der Waals surface area (Å²) in [6, 6.07) is 19.4. The number of ketones is 1. The molecular weight excluding hydrogens is 476 g/mol. The minimum Gasteiger partial charge on any atom is -0.493 e. The Balaban J connectivity index is 1.45. The lowest BCUT2D eigenvalue weighted by Crippen LogP contribution is -2.43. The number of methoxy groups -OCH3 is 1. The number of nitrogens with one attached hydrogen (secondary N) is 2. The monoisotopic (exact) mass is 498 g/mol. The number of carbonyl (C=O) groups excluding carboxylic acids is 3. The topological polar surface area (TPSA) is 93.7 Å². The van der Waals surface area contributed by atoms with Gasteiger partial charge >= 0.3 is 0 Å². The summed E-state index contributed by atoms with van der Waals surface area (Å²) in [6.45, 7) is 1.09. The van der Waals surface area contributed by atoms with Crippen molar-refractivity contribution in [3.8, 4) is 11.5 Å². The van der Waals surface area contributed by atoms with Gasteiger partial charge in [-0.3, -0.25) is 25.2 Å². The standard InChI is InChI=1S/C25H23ClN2O5S/c1-16(29)19-7-12-22(23(13-19)32-2)33-14-24(30)27-28-25(31)18-5-3-17(4-6-18)15-34-21-10-8-20(26)9-11-21/h3-13H,14-15H2,1-2H3,(H,27,30)(H,28,31). The number of halogens is 1. The van der Waals surface area contributed by atoms with E-state index in [0.717, 1.165) is 16.2 Å².